The quantitative estimate of drug-likeness (QED) is 0.597. The SMILES string of the molecule is O=C1NC(=O)C2C1CC1C(=O)N([C@H]3CCCC[C@@H]3N3C(=O)C4C5CC(C5)C4C3=O)C(=O)C12. The molecule has 6 unspecified atom stereocenters. The molecular weight excluding hydrogens is 414 g/mol. The highest BCUT2D eigenvalue weighted by Crippen LogP contribution is 2.60. The highest BCUT2D eigenvalue weighted by Gasteiger charge is 2.68. The lowest BCUT2D eigenvalue weighted by Gasteiger charge is -2.42. The summed E-state index contributed by atoms with van der Waals surface area (Å²) in [6.45, 7) is 0. The van der Waals surface area contributed by atoms with Crippen LogP contribution in [0.1, 0.15) is 44.9 Å². The number of likely N-dealkylation sites (tertiary alicyclic amines) is 2. The van der Waals surface area contributed by atoms with E-state index in [-0.39, 0.29) is 36.0 Å². The molecule has 3 saturated heterocycles. The molecule has 8 atom stereocenters. The Bertz CT molecular complexity index is 991. The molecule has 8 rings (SSSR count). The average Bonchev–Trinajstić information content (AvgIpc) is 3.52. The molecule has 8 aliphatic rings. The van der Waals surface area contributed by atoms with Gasteiger partial charge in [0.05, 0.1) is 47.6 Å². The van der Waals surface area contributed by atoms with Crippen molar-refractivity contribution in [1.29, 1.82) is 0 Å². The number of carbonyl (C=O) groups is 6. The van der Waals surface area contributed by atoms with Crippen LogP contribution in [-0.4, -0.2) is 57.3 Å². The van der Waals surface area contributed by atoms with Gasteiger partial charge in [-0.2, -0.15) is 0 Å². The largest absolute Gasteiger partial charge is 0.296 e. The Morgan fingerprint density at radius 1 is 0.562 bits per heavy atom. The Morgan fingerprint density at radius 2 is 1.09 bits per heavy atom. The molecule has 3 aliphatic heterocycles. The molecule has 3 heterocycles. The van der Waals surface area contributed by atoms with Gasteiger partial charge in [0.1, 0.15) is 0 Å². The van der Waals surface area contributed by atoms with E-state index in [1.807, 2.05) is 0 Å². The molecule has 0 aromatic rings. The van der Waals surface area contributed by atoms with Crippen LogP contribution < -0.4 is 5.32 Å². The summed E-state index contributed by atoms with van der Waals surface area (Å²) in [5.41, 5.74) is 0. The fourth-order valence-electron chi connectivity index (χ4n) is 8.38. The molecule has 9 nitrogen and oxygen atoms in total. The molecule has 0 spiro atoms. The molecule has 1 N–H and O–H groups in total. The van der Waals surface area contributed by atoms with Gasteiger partial charge in [-0.25, -0.2) is 0 Å². The van der Waals surface area contributed by atoms with E-state index in [2.05, 4.69) is 5.32 Å². The average molecular weight is 439 g/mol. The molecule has 0 radical (unpaired) electrons. The maximum Gasteiger partial charge on any atom is 0.234 e. The van der Waals surface area contributed by atoms with Gasteiger partial charge in [-0.3, -0.25) is 43.9 Å². The zero-order valence-electron chi connectivity index (χ0n) is 17.6. The Balaban J connectivity index is 1.20. The molecule has 168 valence electrons. The number of amides is 6. The fourth-order valence-corrected chi connectivity index (χ4v) is 8.38. The van der Waals surface area contributed by atoms with Crippen molar-refractivity contribution in [2.45, 2.75) is 57.0 Å². The number of hydrogen-bond donors (Lipinski definition) is 1. The van der Waals surface area contributed by atoms with E-state index < -0.39 is 53.5 Å². The van der Waals surface area contributed by atoms with Crippen LogP contribution in [0.25, 0.3) is 0 Å². The predicted molar refractivity (Wildman–Crippen MR) is 105 cm³/mol. The summed E-state index contributed by atoms with van der Waals surface area (Å²) >= 11 is 0. The van der Waals surface area contributed by atoms with Crippen molar-refractivity contribution in [3.05, 3.63) is 0 Å². The van der Waals surface area contributed by atoms with Gasteiger partial charge in [0.25, 0.3) is 0 Å². The normalized spacial score (nSPS) is 48.9. The van der Waals surface area contributed by atoms with Gasteiger partial charge >= 0.3 is 0 Å². The molecule has 0 aromatic heterocycles. The van der Waals surface area contributed by atoms with E-state index in [9.17, 15) is 28.8 Å². The highest BCUT2D eigenvalue weighted by molar-refractivity contribution is 6.14. The zero-order valence-corrected chi connectivity index (χ0v) is 17.6. The van der Waals surface area contributed by atoms with Crippen LogP contribution >= 0.6 is 0 Å². The monoisotopic (exact) mass is 439 g/mol. The number of carbonyl (C=O) groups excluding carboxylic acids is 6. The van der Waals surface area contributed by atoms with Crippen LogP contribution in [0.2, 0.25) is 0 Å². The Morgan fingerprint density at radius 3 is 1.69 bits per heavy atom. The minimum Gasteiger partial charge on any atom is -0.296 e. The van der Waals surface area contributed by atoms with Crippen LogP contribution in [0, 0.1) is 47.3 Å². The van der Waals surface area contributed by atoms with Crippen molar-refractivity contribution in [3.63, 3.8) is 0 Å². The minimum absolute atomic E-state index is 0.109. The van der Waals surface area contributed by atoms with Crippen LogP contribution in [0.3, 0.4) is 0 Å². The second-order valence-corrected chi connectivity index (χ2v) is 10.9. The number of nitrogens with zero attached hydrogens (tertiary/aromatic N) is 2. The van der Waals surface area contributed by atoms with Gasteiger partial charge in [-0.15, -0.1) is 0 Å². The standard InChI is InChI=1S/C23H25N3O6/c27-18-10-7-11-17(16(10)19(28)24-18)23(32)25(20(11)29)12-3-1-2-4-13(12)26-21(30)14-8-5-9(6-8)15(14)22(26)31/h8-17H,1-7H2,(H,24,27,28)/t8?,9?,10?,11?,12-,13-,14?,15?,16?,17?/m0/s1. The van der Waals surface area contributed by atoms with Gasteiger partial charge in [-0.05, 0) is 43.9 Å². The lowest BCUT2D eigenvalue weighted by atomic mass is 9.80. The van der Waals surface area contributed by atoms with Crippen LogP contribution in [0.4, 0.5) is 0 Å². The lowest BCUT2D eigenvalue weighted by molar-refractivity contribution is -0.155. The van der Waals surface area contributed by atoms with E-state index in [0.717, 1.165) is 25.7 Å². The van der Waals surface area contributed by atoms with E-state index in [1.165, 1.54) is 9.80 Å². The van der Waals surface area contributed by atoms with Crippen molar-refractivity contribution in [2.24, 2.45) is 47.3 Å². The van der Waals surface area contributed by atoms with Crippen molar-refractivity contribution < 1.29 is 28.8 Å². The molecule has 8 fully saturated rings. The molecule has 9 heteroatoms. The van der Waals surface area contributed by atoms with Crippen LogP contribution in [0.15, 0.2) is 0 Å². The number of hydrogen-bond acceptors (Lipinski definition) is 6. The maximum absolute atomic E-state index is 13.5. The molecular formula is C23H25N3O6. The van der Waals surface area contributed by atoms with Crippen LogP contribution in [0.5, 0.6) is 0 Å². The topological polar surface area (TPSA) is 121 Å². The molecule has 32 heavy (non-hydrogen) atoms. The second kappa shape index (κ2) is 6.05. The summed E-state index contributed by atoms with van der Waals surface area (Å²) in [7, 11) is 0. The summed E-state index contributed by atoms with van der Waals surface area (Å²) < 4.78 is 0. The summed E-state index contributed by atoms with van der Waals surface area (Å²) in [6.07, 6.45) is 4.93. The smallest absolute Gasteiger partial charge is 0.234 e. The van der Waals surface area contributed by atoms with Gasteiger partial charge < -0.3 is 0 Å². The predicted octanol–water partition coefficient (Wildman–Crippen LogP) is -0.168. The molecule has 6 amide bonds. The van der Waals surface area contributed by atoms with Crippen molar-refractivity contribution in [2.75, 3.05) is 0 Å². The zero-order chi connectivity index (χ0) is 22.0. The summed E-state index contributed by atoms with van der Waals surface area (Å²) in [5, 5.41) is 2.30. The first-order chi connectivity index (χ1) is 15.4. The summed E-state index contributed by atoms with van der Waals surface area (Å²) in [6, 6.07) is -1.01. The van der Waals surface area contributed by atoms with Gasteiger partial charge in [0.15, 0.2) is 0 Å². The number of rotatable bonds is 2. The van der Waals surface area contributed by atoms with Crippen molar-refractivity contribution in [1.82, 2.24) is 15.1 Å². The Kier molecular flexibility index (Phi) is 3.58. The van der Waals surface area contributed by atoms with E-state index in [0.29, 0.717) is 24.7 Å². The van der Waals surface area contributed by atoms with Crippen molar-refractivity contribution in [3.8, 4) is 0 Å². The number of nitrogens with one attached hydrogen (secondary N) is 1. The second-order valence-electron chi connectivity index (χ2n) is 10.9. The molecule has 2 bridgehead atoms. The first kappa shape index (κ1) is 18.9. The molecule has 0 aromatic carbocycles. The first-order valence-electron chi connectivity index (χ1n) is 12.0. The number of imide groups is 3. The third-order valence-electron chi connectivity index (χ3n) is 9.74. The fraction of sp³-hybridized carbons (Fsp3) is 0.739. The van der Waals surface area contributed by atoms with Crippen LogP contribution in [-0.2, 0) is 28.8 Å². The maximum atomic E-state index is 13.5. The van der Waals surface area contributed by atoms with E-state index >= 15 is 0 Å². The van der Waals surface area contributed by atoms with Gasteiger partial charge in [0.2, 0.25) is 35.4 Å². The van der Waals surface area contributed by atoms with E-state index in [4.69, 9.17) is 0 Å². The minimum atomic E-state index is -0.807. The van der Waals surface area contributed by atoms with Gasteiger partial charge in [-0.1, -0.05) is 12.8 Å². The lowest BCUT2D eigenvalue weighted by Crippen LogP contribution is -2.58. The molecule has 5 saturated carbocycles. The van der Waals surface area contributed by atoms with E-state index in [1.54, 1.807) is 0 Å². The molecule has 5 aliphatic carbocycles. The Hall–Kier alpha value is -2.58. The van der Waals surface area contributed by atoms with Gasteiger partial charge in [0, 0.05) is 0 Å². The Labute approximate surface area is 184 Å². The first-order valence-corrected chi connectivity index (χ1v) is 12.0. The third kappa shape index (κ3) is 2.06. The summed E-state index contributed by atoms with van der Waals surface area (Å²) in [5.74, 6) is -4.50. The van der Waals surface area contributed by atoms with Crippen molar-refractivity contribution >= 4 is 35.4 Å². The highest BCUT2D eigenvalue weighted by atomic mass is 16.2. The summed E-state index contributed by atoms with van der Waals surface area (Å²) in [4.78, 5) is 80.6. The third-order valence-corrected chi connectivity index (χ3v) is 9.74. The number of fused-ring (bicyclic) bond motifs is 3.